The van der Waals surface area contributed by atoms with E-state index in [-0.39, 0.29) is 10.8 Å². The van der Waals surface area contributed by atoms with Gasteiger partial charge in [-0.25, -0.2) is 0 Å². The second kappa shape index (κ2) is 3.03. The summed E-state index contributed by atoms with van der Waals surface area (Å²) in [6.07, 6.45) is 3.09. The quantitative estimate of drug-likeness (QED) is 0.693. The average molecular weight is 208 g/mol. The maximum Gasteiger partial charge on any atom is 0.122 e. The van der Waals surface area contributed by atoms with Gasteiger partial charge in [0, 0.05) is 16.9 Å². The van der Waals surface area contributed by atoms with E-state index in [2.05, 4.69) is 33.8 Å². The first kappa shape index (κ1) is 10.6. The topological polar surface area (TPSA) is 18.5 Å². The molecule has 0 saturated carbocycles. The van der Waals surface area contributed by atoms with Gasteiger partial charge in [-0.2, -0.15) is 0 Å². The Morgan fingerprint density at radius 3 is 2.60 bits per heavy atom. The molecule has 2 bridgehead atoms. The number of hydrogen-bond acceptors (Lipinski definition) is 2. The average Bonchev–Trinajstić information content (AvgIpc) is 2.37. The lowest BCUT2D eigenvalue weighted by atomic mass is 9.61. The van der Waals surface area contributed by atoms with Crippen LogP contribution in [0.3, 0.4) is 0 Å². The highest BCUT2D eigenvalue weighted by Gasteiger charge is 2.55. The molecule has 1 heterocycles. The number of hydrogen-bond donors (Lipinski definition) is 0. The molecular formula is C13H20O2. The Hall–Kier alpha value is -0.920. The molecule has 0 amide bonds. The first-order valence-corrected chi connectivity index (χ1v) is 5.60. The van der Waals surface area contributed by atoms with Crippen LogP contribution in [0, 0.1) is 10.8 Å². The fraction of sp³-hybridized carbons (Fsp3) is 0.692. The Labute approximate surface area is 92.0 Å². The van der Waals surface area contributed by atoms with Crippen molar-refractivity contribution in [3.8, 4) is 0 Å². The molecule has 1 aliphatic heterocycles. The number of fused-ring (bicyclic) bond motifs is 2. The zero-order chi connectivity index (χ0) is 11.3. The summed E-state index contributed by atoms with van der Waals surface area (Å²) in [5.41, 5.74) is 1.58. The molecule has 2 rings (SSSR count). The third-order valence-electron chi connectivity index (χ3n) is 4.31. The largest absolute Gasteiger partial charge is 0.497 e. The summed E-state index contributed by atoms with van der Waals surface area (Å²) in [5, 5.41) is 0. The number of methoxy groups -OCH3 is 1. The third-order valence-corrected chi connectivity index (χ3v) is 4.31. The van der Waals surface area contributed by atoms with E-state index in [4.69, 9.17) is 9.47 Å². The van der Waals surface area contributed by atoms with Crippen molar-refractivity contribution in [2.24, 2.45) is 10.8 Å². The second-order valence-corrected chi connectivity index (χ2v) is 5.15. The molecule has 2 aliphatic rings. The Kier molecular flexibility index (Phi) is 2.14. The first-order valence-electron chi connectivity index (χ1n) is 5.60. The van der Waals surface area contributed by atoms with E-state index in [1.54, 1.807) is 7.11 Å². The van der Waals surface area contributed by atoms with Crippen molar-refractivity contribution >= 4 is 0 Å². The van der Waals surface area contributed by atoms with Gasteiger partial charge in [-0.1, -0.05) is 27.7 Å². The molecule has 0 aromatic rings. The van der Waals surface area contributed by atoms with Crippen LogP contribution in [0.15, 0.2) is 23.2 Å². The number of rotatable bonds is 2. The van der Waals surface area contributed by atoms with Gasteiger partial charge in [0.05, 0.1) is 13.7 Å². The summed E-state index contributed by atoms with van der Waals surface area (Å²) in [6, 6.07) is 0. The van der Waals surface area contributed by atoms with Crippen LogP contribution in [0.1, 0.15) is 34.1 Å². The predicted molar refractivity (Wildman–Crippen MR) is 60.2 cm³/mol. The van der Waals surface area contributed by atoms with Gasteiger partial charge in [0.1, 0.15) is 11.5 Å². The van der Waals surface area contributed by atoms with Crippen molar-refractivity contribution in [3.63, 3.8) is 0 Å². The van der Waals surface area contributed by atoms with Crippen LogP contribution < -0.4 is 0 Å². The smallest absolute Gasteiger partial charge is 0.122 e. The first-order chi connectivity index (χ1) is 6.97. The molecule has 1 atom stereocenters. The standard InChI is InChI=1S/C13H20O2/c1-6-9-10(14-5)7-11-12(2,3)13(9,4)8-15-11/h7H,6,8H2,1-5H3/t13-/m0/s1. The maximum atomic E-state index is 5.80. The van der Waals surface area contributed by atoms with Crippen LogP contribution in [0.5, 0.6) is 0 Å². The maximum absolute atomic E-state index is 5.80. The van der Waals surface area contributed by atoms with Gasteiger partial charge in [0.15, 0.2) is 0 Å². The van der Waals surface area contributed by atoms with Crippen LogP contribution in [0.25, 0.3) is 0 Å². The van der Waals surface area contributed by atoms with Crippen molar-refractivity contribution in [3.05, 3.63) is 23.2 Å². The van der Waals surface area contributed by atoms with Gasteiger partial charge in [-0.3, -0.25) is 0 Å². The van der Waals surface area contributed by atoms with E-state index >= 15 is 0 Å². The van der Waals surface area contributed by atoms with Crippen LogP contribution in [0.4, 0.5) is 0 Å². The summed E-state index contributed by atoms with van der Waals surface area (Å²) < 4.78 is 11.3. The van der Waals surface area contributed by atoms with Gasteiger partial charge in [-0.15, -0.1) is 0 Å². The lowest BCUT2D eigenvalue weighted by Gasteiger charge is -2.40. The molecular weight excluding hydrogens is 188 g/mol. The normalized spacial score (nSPS) is 32.5. The Morgan fingerprint density at radius 1 is 1.40 bits per heavy atom. The van der Waals surface area contributed by atoms with Crippen molar-refractivity contribution in [2.45, 2.75) is 34.1 Å². The molecule has 0 aromatic heterocycles. The third kappa shape index (κ3) is 1.11. The van der Waals surface area contributed by atoms with E-state index in [9.17, 15) is 0 Å². The summed E-state index contributed by atoms with van der Waals surface area (Å²) in [5.74, 6) is 2.07. The van der Waals surface area contributed by atoms with Crippen LogP contribution in [0.2, 0.25) is 0 Å². The lowest BCUT2D eigenvalue weighted by molar-refractivity contribution is 0.180. The summed E-state index contributed by atoms with van der Waals surface area (Å²) in [4.78, 5) is 0. The van der Waals surface area contributed by atoms with Crippen LogP contribution >= 0.6 is 0 Å². The lowest BCUT2D eigenvalue weighted by Crippen LogP contribution is -2.37. The molecule has 0 spiro atoms. The zero-order valence-electron chi connectivity index (χ0n) is 10.3. The highest BCUT2D eigenvalue weighted by Crippen LogP contribution is 2.59. The van der Waals surface area contributed by atoms with E-state index in [1.807, 2.05) is 0 Å². The monoisotopic (exact) mass is 208 g/mol. The SMILES string of the molecule is CCC1=C(OC)C=C2OC[C@]1(C)C2(C)C. The number of ether oxygens (including phenoxy) is 2. The molecule has 0 aromatic carbocycles. The molecule has 0 N–H and O–H groups in total. The predicted octanol–water partition coefficient (Wildman–Crippen LogP) is 3.26. The van der Waals surface area contributed by atoms with E-state index in [1.165, 1.54) is 5.57 Å². The van der Waals surface area contributed by atoms with Gasteiger partial charge in [0.2, 0.25) is 0 Å². The van der Waals surface area contributed by atoms with Gasteiger partial charge < -0.3 is 9.47 Å². The molecule has 2 heteroatoms. The minimum Gasteiger partial charge on any atom is -0.497 e. The molecule has 2 nitrogen and oxygen atoms in total. The molecule has 1 fully saturated rings. The molecule has 15 heavy (non-hydrogen) atoms. The van der Waals surface area contributed by atoms with E-state index in [0.717, 1.165) is 24.5 Å². The van der Waals surface area contributed by atoms with Crippen molar-refractivity contribution in [1.82, 2.24) is 0 Å². The Morgan fingerprint density at radius 2 is 2.07 bits per heavy atom. The fourth-order valence-electron chi connectivity index (χ4n) is 2.77. The molecule has 0 unspecified atom stereocenters. The highest BCUT2D eigenvalue weighted by atomic mass is 16.5. The molecule has 0 radical (unpaired) electrons. The number of allylic oxidation sites excluding steroid dienone is 2. The van der Waals surface area contributed by atoms with Gasteiger partial charge in [-0.05, 0) is 12.0 Å². The minimum absolute atomic E-state index is 0.0944. The minimum atomic E-state index is 0.0944. The summed E-state index contributed by atoms with van der Waals surface area (Å²) in [7, 11) is 1.74. The van der Waals surface area contributed by atoms with Crippen molar-refractivity contribution in [1.29, 1.82) is 0 Å². The van der Waals surface area contributed by atoms with Gasteiger partial charge >= 0.3 is 0 Å². The van der Waals surface area contributed by atoms with E-state index in [0.29, 0.717) is 0 Å². The Bertz CT molecular complexity index is 350. The second-order valence-electron chi connectivity index (χ2n) is 5.15. The zero-order valence-corrected chi connectivity index (χ0v) is 10.3. The summed E-state index contributed by atoms with van der Waals surface area (Å²) in [6.45, 7) is 9.77. The van der Waals surface area contributed by atoms with Gasteiger partial charge in [0.25, 0.3) is 0 Å². The van der Waals surface area contributed by atoms with E-state index < -0.39 is 0 Å². The molecule has 1 aliphatic carbocycles. The van der Waals surface area contributed by atoms with Crippen molar-refractivity contribution < 1.29 is 9.47 Å². The molecule has 84 valence electrons. The van der Waals surface area contributed by atoms with Crippen molar-refractivity contribution in [2.75, 3.05) is 13.7 Å². The molecule has 1 saturated heterocycles. The summed E-state index contributed by atoms with van der Waals surface area (Å²) >= 11 is 0. The van der Waals surface area contributed by atoms with Crippen LogP contribution in [-0.4, -0.2) is 13.7 Å². The van der Waals surface area contributed by atoms with Crippen LogP contribution in [-0.2, 0) is 9.47 Å². The Balaban J connectivity index is 2.59. The fourth-order valence-corrected chi connectivity index (χ4v) is 2.77. The highest BCUT2D eigenvalue weighted by molar-refractivity contribution is 5.40.